The Hall–Kier alpha value is -1.95. The van der Waals surface area contributed by atoms with E-state index in [-0.39, 0.29) is 17.7 Å². The Bertz CT molecular complexity index is 509. The van der Waals surface area contributed by atoms with Gasteiger partial charge in [-0.25, -0.2) is 0 Å². The smallest absolute Gasteiger partial charge is 0.273 e. The first kappa shape index (κ1) is 13.5. The van der Waals surface area contributed by atoms with Crippen LogP contribution < -0.4 is 5.32 Å². The summed E-state index contributed by atoms with van der Waals surface area (Å²) in [5.41, 5.74) is 0.652. The predicted octanol–water partition coefficient (Wildman–Crippen LogP) is 1.40. The van der Waals surface area contributed by atoms with Crippen molar-refractivity contribution in [2.75, 3.05) is 6.54 Å². The summed E-state index contributed by atoms with van der Waals surface area (Å²) in [6, 6.07) is 4.47. The molecule has 0 bridgehead atoms. The van der Waals surface area contributed by atoms with E-state index < -0.39 is 4.92 Å². The fraction of sp³-hybridized carbons (Fsp3) is 0.462. The fourth-order valence-electron chi connectivity index (χ4n) is 2.27. The van der Waals surface area contributed by atoms with E-state index in [0.29, 0.717) is 36.4 Å². The molecular formula is C13H16N2O4. The summed E-state index contributed by atoms with van der Waals surface area (Å²) in [4.78, 5) is 22.3. The summed E-state index contributed by atoms with van der Waals surface area (Å²) in [5.74, 6) is 0.000504. The van der Waals surface area contributed by atoms with E-state index >= 15 is 0 Å². The molecule has 6 heteroatoms. The average Bonchev–Trinajstić information content (AvgIpc) is 2.32. The number of benzene rings is 1. The third kappa shape index (κ3) is 2.90. The van der Waals surface area contributed by atoms with Crippen LogP contribution in [0.2, 0.25) is 0 Å². The number of rotatable bonds is 4. The zero-order valence-electron chi connectivity index (χ0n) is 10.6. The molecule has 2 rings (SSSR count). The molecule has 0 radical (unpaired) electrons. The number of aliphatic hydroxyl groups is 1. The van der Waals surface area contributed by atoms with E-state index in [0.717, 1.165) is 0 Å². The Morgan fingerprint density at radius 2 is 2.21 bits per heavy atom. The zero-order chi connectivity index (χ0) is 14.0. The van der Waals surface area contributed by atoms with Crippen LogP contribution in [0.1, 0.15) is 28.8 Å². The molecule has 1 aromatic rings. The van der Waals surface area contributed by atoms with Gasteiger partial charge in [0, 0.05) is 23.7 Å². The number of nitro benzene ring substituents is 1. The SMILES string of the molecule is Cc1c(C(=O)NCC2CC(O)C2)cccc1[N+](=O)[O-]. The van der Waals surface area contributed by atoms with Crippen molar-refractivity contribution >= 4 is 11.6 Å². The highest BCUT2D eigenvalue weighted by molar-refractivity contribution is 5.96. The third-order valence-electron chi connectivity index (χ3n) is 3.51. The summed E-state index contributed by atoms with van der Waals surface area (Å²) in [6.07, 6.45) is 1.16. The first-order valence-electron chi connectivity index (χ1n) is 6.19. The number of nitrogens with zero attached hydrogens (tertiary/aromatic N) is 1. The number of nitrogens with one attached hydrogen (secondary N) is 1. The van der Waals surface area contributed by atoms with Crippen molar-refractivity contribution in [3.8, 4) is 0 Å². The van der Waals surface area contributed by atoms with Crippen LogP contribution in [0.25, 0.3) is 0 Å². The molecule has 1 aliphatic rings. The molecule has 1 fully saturated rings. The van der Waals surface area contributed by atoms with Gasteiger partial charge in [-0.05, 0) is 31.7 Å². The second-order valence-corrected chi connectivity index (χ2v) is 4.91. The summed E-state index contributed by atoms with van der Waals surface area (Å²) in [7, 11) is 0. The largest absolute Gasteiger partial charge is 0.393 e. The maximum atomic E-state index is 12.0. The lowest BCUT2D eigenvalue weighted by atomic mass is 9.82. The molecular weight excluding hydrogens is 248 g/mol. The fourth-order valence-corrected chi connectivity index (χ4v) is 2.27. The second kappa shape index (κ2) is 5.36. The molecule has 102 valence electrons. The van der Waals surface area contributed by atoms with Crippen LogP contribution in [0, 0.1) is 23.0 Å². The number of carbonyl (C=O) groups is 1. The molecule has 0 aliphatic heterocycles. The topological polar surface area (TPSA) is 92.5 Å². The molecule has 0 saturated heterocycles. The van der Waals surface area contributed by atoms with E-state index in [2.05, 4.69) is 5.32 Å². The van der Waals surface area contributed by atoms with Crippen molar-refractivity contribution in [1.29, 1.82) is 0 Å². The van der Waals surface area contributed by atoms with Gasteiger partial charge in [0.05, 0.1) is 11.0 Å². The molecule has 0 aromatic heterocycles. The maximum absolute atomic E-state index is 12.0. The lowest BCUT2D eigenvalue weighted by Gasteiger charge is -2.31. The van der Waals surface area contributed by atoms with Crippen LogP contribution in [-0.4, -0.2) is 28.6 Å². The van der Waals surface area contributed by atoms with Crippen molar-refractivity contribution in [2.45, 2.75) is 25.9 Å². The summed E-state index contributed by atoms with van der Waals surface area (Å²) in [5, 5.41) is 22.7. The molecule has 19 heavy (non-hydrogen) atoms. The van der Waals surface area contributed by atoms with Gasteiger partial charge >= 0.3 is 0 Å². The van der Waals surface area contributed by atoms with Crippen molar-refractivity contribution in [1.82, 2.24) is 5.32 Å². The Kier molecular flexibility index (Phi) is 3.80. The molecule has 6 nitrogen and oxygen atoms in total. The molecule has 1 saturated carbocycles. The van der Waals surface area contributed by atoms with E-state index in [1.165, 1.54) is 12.1 Å². The highest BCUT2D eigenvalue weighted by Gasteiger charge is 2.27. The van der Waals surface area contributed by atoms with Gasteiger partial charge in [-0.2, -0.15) is 0 Å². The number of carbonyl (C=O) groups excluding carboxylic acids is 1. The summed E-state index contributed by atoms with van der Waals surface area (Å²) >= 11 is 0. The lowest BCUT2D eigenvalue weighted by Crippen LogP contribution is -2.38. The molecule has 1 aromatic carbocycles. The summed E-state index contributed by atoms with van der Waals surface area (Å²) < 4.78 is 0. The Labute approximate surface area is 110 Å². The van der Waals surface area contributed by atoms with Crippen molar-refractivity contribution in [3.63, 3.8) is 0 Å². The van der Waals surface area contributed by atoms with Crippen molar-refractivity contribution in [3.05, 3.63) is 39.4 Å². The van der Waals surface area contributed by atoms with Gasteiger partial charge in [0.25, 0.3) is 11.6 Å². The van der Waals surface area contributed by atoms with Crippen LogP contribution in [0.5, 0.6) is 0 Å². The molecule has 1 aliphatic carbocycles. The highest BCUT2D eigenvalue weighted by Crippen LogP contribution is 2.26. The first-order chi connectivity index (χ1) is 8.99. The molecule has 1 amide bonds. The Balaban J connectivity index is 2.02. The van der Waals surface area contributed by atoms with Gasteiger partial charge < -0.3 is 10.4 Å². The Morgan fingerprint density at radius 1 is 1.53 bits per heavy atom. The maximum Gasteiger partial charge on any atom is 0.273 e. The molecule has 2 N–H and O–H groups in total. The molecule has 0 atom stereocenters. The standard InChI is InChI=1S/C13H16N2O4/c1-8-11(3-2-4-12(8)15(18)19)13(17)14-7-9-5-10(16)6-9/h2-4,9-10,16H,5-7H2,1H3,(H,14,17). The molecule has 0 heterocycles. The number of hydrogen-bond acceptors (Lipinski definition) is 4. The van der Waals surface area contributed by atoms with E-state index in [1.54, 1.807) is 13.0 Å². The minimum absolute atomic E-state index is 0.0493. The highest BCUT2D eigenvalue weighted by atomic mass is 16.6. The van der Waals surface area contributed by atoms with E-state index in [1.807, 2.05) is 0 Å². The quantitative estimate of drug-likeness (QED) is 0.635. The van der Waals surface area contributed by atoms with Crippen LogP contribution in [0.4, 0.5) is 5.69 Å². The minimum atomic E-state index is -0.492. The van der Waals surface area contributed by atoms with Crippen molar-refractivity contribution in [2.24, 2.45) is 5.92 Å². The van der Waals surface area contributed by atoms with E-state index in [4.69, 9.17) is 5.11 Å². The van der Waals surface area contributed by atoms with Gasteiger partial charge in [0.15, 0.2) is 0 Å². The molecule has 0 unspecified atom stereocenters. The normalized spacial score (nSPS) is 21.6. The van der Waals surface area contributed by atoms with E-state index in [9.17, 15) is 14.9 Å². The number of amides is 1. The van der Waals surface area contributed by atoms with Crippen molar-refractivity contribution < 1.29 is 14.8 Å². The van der Waals surface area contributed by atoms with Gasteiger partial charge in [-0.1, -0.05) is 6.07 Å². The van der Waals surface area contributed by atoms with Gasteiger partial charge in [-0.3, -0.25) is 14.9 Å². The van der Waals surface area contributed by atoms with Gasteiger partial charge in [0.2, 0.25) is 0 Å². The average molecular weight is 264 g/mol. The molecule has 0 spiro atoms. The van der Waals surface area contributed by atoms with Crippen LogP contribution in [0.15, 0.2) is 18.2 Å². The van der Waals surface area contributed by atoms with Crippen LogP contribution >= 0.6 is 0 Å². The Morgan fingerprint density at radius 3 is 2.79 bits per heavy atom. The number of hydrogen-bond donors (Lipinski definition) is 2. The second-order valence-electron chi connectivity index (χ2n) is 4.91. The number of nitro groups is 1. The van der Waals surface area contributed by atoms with Crippen LogP contribution in [-0.2, 0) is 0 Å². The van der Waals surface area contributed by atoms with Crippen LogP contribution in [0.3, 0.4) is 0 Å². The first-order valence-corrected chi connectivity index (χ1v) is 6.19. The van der Waals surface area contributed by atoms with Gasteiger partial charge in [0.1, 0.15) is 0 Å². The van der Waals surface area contributed by atoms with Gasteiger partial charge in [-0.15, -0.1) is 0 Å². The lowest BCUT2D eigenvalue weighted by molar-refractivity contribution is -0.385. The summed E-state index contributed by atoms with van der Waals surface area (Å²) in [6.45, 7) is 2.07. The number of aliphatic hydroxyl groups excluding tert-OH is 1. The minimum Gasteiger partial charge on any atom is -0.393 e. The monoisotopic (exact) mass is 264 g/mol. The predicted molar refractivity (Wildman–Crippen MR) is 68.9 cm³/mol. The third-order valence-corrected chi connectivity index (χ3v) is 3.51. The zero-order valence-corrected chi connectivity index (χ0v) is 10.6.